The van der Waals surface area contributed by atoms with E-state index in [1.165, 1.54) is 82.6 Å². The number of aromatic nitrogens is 8. The van der Waals surface area contributed by atoms with Gasteiger partial charge in [0.1, 0.15) is 29.0 Å². The molecule has 1 saturated heterocycles. The fourth-order valence-corrected chi connectivity index (χ4v) is 12.7. The number of rotatable bonds is 4. The Morgan fingerprint density at radius 3 is 1.07 bits per heavy atom. The van der Waals surface area contributed by atoms with Gasteiger partial charge in [0.05, 0.1) is 107 Å². The summed E-state index contributed by atoms with van der Waals surface area (Å²) >= 11 is -1.92. The number of amides is 2. The van der Waals surface area contributed by atoms with Gasteiger partial charge >= 0.3 is 77.5 Å². The van der Waals surface area contributed by atoms with E-state index in [1.807, 2.05) is 0 Å². The van der Waals surface area contributed by atoms with Crippen LogP contribution in [0.2, 0.25) is 0 Å². The van der Waals surface area contributed by atoms with E-state index in [9.17, 15) is 57.0 Å². The number of nitrogen functional groups attached to an aromatic ring is 4. The molecule has 10 N–H and O–H groups in total. The van der Waals surface area contributed by atoms with Gasteiger partial charge in [-0.05, 0) is 162 Å². The van der Waals surface area contributed by atoms with Crippen LogP contribution in [0.15, 0.2) is 119 Å². The summed E-state index contributed by atoms with van der Waals surface area (Å²) in [4.78, 5) is 110. The molecule has 0 radical (unpaired) electrons. The summed E-state index contributed by atoms with van der Waals surface area (Å²) in [6, 6.07) is 23.4. The number of nitrogens with two attached hydrogens (primary N) is 4. The van der Waals surface area contributed by atoms with Crippen LogP contribution in [0.25, 0.3) is 22.1 Å². The van der Waals surface area contributed by atoms with Gasteiger partial charge in [-0.15, -0.1) is 17.9 Å². The molecule has 5 aliphatic heterocycles. The van der Waals surface area contributed by atoms with E-state index in [1.54, 1.807) is 62.4 Å². The number of anilines is 6. The summed E-state index contributed by atoms with van der Waals surface area (Å²) in [6.07, 6.45) is 11.9. The molecule has 131 heavy (non-hydrogen) atoms. The van der Waals surface area contributed by atoms with Crippen LogP contribution >= 0.6 is 45.8 Å². The van der Waals surface area contributed by atoms with Crippen molar-refractivity contribution in [1.29, 1.82) is 0 Å². The fourth-order valence-electron chi connectivity index (χ4n) is 12.7. The molecular weight excluding hydrogens is 1860 g/mol. The normalized spacial score (nSPS) is 14.2. The van der Waals surface area contributed by atoms with Gasteiger partial charge in [-0.2, -0.15) is 19.9 Å². The zero-order valence-corrected chi connectivity index (χ0v) is 75.0. The van der Waals surface area contributed by atoms with Crippen LogP contribution in [0.3, 0.4) is 0 Å². The van der Waals surface area contributed by atoms with E-state index in [4.69, 9.17) is 113 Å². The van der Waals surface area contributed by atoms with Crippen LogP contribution in [0.1, 0.15) is 143 Å². The number of benzene rings is 4. The van der Waals surface area contributed by atoms with Crippen molar-refractivity contribution in [3.05, 3.63) is 206 Å². The van der Waals surface area contributed by atoms with E-state index in [2.05, 4.69) is 47.8 Å². The van der Waals surface area contributed by atoms with E-state index >= 15 is 0 Å². The van der Waals surface area contributed by atoms with Crippen LogP contribution in [-0.2, 0) is 55.1 Å². The van der Waals surface area contributed by atoms with Crippen molar-refractivity contribution >= 4 is 126 Å². The number of H-pyrrole nitrogens is 2. The third-order valence-electron chi connectivity index (χ3n) is 18.5. The first-order valence-electron chi connectivity index (χ1n) is 39.6. The zero-order chi connectivity index (χ0) is 92.1. The minimum absolute atomic E-state index is 0. The monoisotopic (exact) mass is 1970 g/mol. The van der Waals surface area contributed by atoms with Crippen molar-refractivity contribution in [2.45, 2.75) is 147 Å². The number of nitrogens with one attached hydrogen (secondary N) is 2. The first kappa shape index (κ1) is 112. The molecule has 0 aliphatic carbocycles. The quantitative estimate of drug-likeness (QED) is 0.0238. The van der Waals surface area contributed by atoms with Gasteiger partial charge in [-0.3, -0.25) is 39.2 Å². The average Bonchev–Trinajstić information content (AvgIpc) is 1.72. The Morgan fingerprint density at radius 1 is 0.450 bits per heavy atom. The summed E-state index contributed by atoms with van der Waals surface area (Å²) in [7, 11) is 19.6. The van der Waals surface area contributed by atoms with Crippen molar-refractivity contribution in [2.24, 2.45) is 0 Å². The van der Waals surface area contributed by atoms with Gasteiger partial charge in [0.15, 0.2) is 57.9 Å². The second-order valence-corrected chi connectivity index (χ2v) is 35.0. The van der Waals surface area contributed by atoms with Crippen LogP contribution in [-0.4, -0.2) is 140 Å². The number of hydrogen-bond donors (Lipinski definition) is 6. The van der Waals surface area contributed by atoms with E-state index in [0.29, 0.717) is 97.3 Å². The Balaban J connectivity index is 0.000000346. The molecule has 16 bridgehead atoms. The van der Waals surface area contributed by atoms with Gasteiger partial charge in [-0.25, -0.2) is 36.7 Å². The Labute approximate surface area is 775 Å². The maximum atomic E-state index is 14.2. The molecule has 11 heterocycles. The number of fused-ring (bicyclic) bond motifs is 14. The van der Waals surface area contributed by atoms with E-state index in [0.717, 1.165) is 79.1 Å². The van der Waals surface area contributed by atoms with Crippen LogP contribution in [0.4, 0.5) is 73.2 Å². The number of carbonyl (C=O) groups is 2. The Hall–Kier alpha value is -11.6. The number of nitro groups is 2. The molecule has 6 aromatic heterocycles. The number of carbonyl (C=O) groups excluding carboxylic acids is 2. The van der Waals surface area contributed by atoms with Gasteiger partial charge in [-0.1, -0.05) is 66.1 Å². The molecule has 4 aromatic carbocycles. The van der Waals surface area contributed by atoms with Crippen molar-refractivity contribution < 1.29 is 104 Å². The number of ether oxygens (including phenoxy) is 11. The molecule has 10 aromatic rings. The SMILES string of the molecule is C.C.C.C.C1CCOC1.CCOC(=O)N1Cc2ccc(F)c(c2)OC/C=C/CCOc2cc1c([N+](=O)[O-])c(N)n2.CCOC(=O)N1Cc2ccc(F)c(c2)OCCCCCOc2cc1c([N+](=O)[O-])c(N)n2.Nc1nc2cc3c1[nH]c(=O)n3Cc1ccc(F)c(c1)OCCCCCO2.Nc1nc2cc3c1[nH]c(=O)n3Cc1ccc(F)c(c1)OCCCCCO2.O=O.PP.[Cl][Ti]([Cl])[Cl]. The molecule has 1 fully saturated rings. The number of hydrogen-bond acceptors (Lipinski definition) is 29. The third kappa shape index (κ3) is 33.3. The molecule has 2 atom stereocenters. The predicted molar refractivity (Wildman–Crippen MR) is 500 cm³/mol. The number of nitrogens with zero attached hydrogens (tertiary/aromatic N) is 10. The van der Waals surface area contributed by atoms with Gasteiger partial charge < -0.3 is 85.0 Å². The van der Waals surface area contributed by atoms with Crippen LogP contribution in [0, 0.1) is 53.4 Å². The zero-order valence-electron chi connectivity index (χ0n) is 68.8. The number of pyridine rings is 4. The number of aromatic amines is 2. The summed E-state index contributed by atoms with van der Waals surface area (Å²) in [5.41, 5.74) is 26.1. The Kier molecular flexibility index (Phi) is 49.1. The van der Waals surface area contributed by atoms with Gasteiger partial charge in [0, 0.05) is 47.4 Å². The maximum absolute atomic E-state index is 14.2. The Bertz CT molecular complexity index is 5330. The molecule has 5 aliphatic rings. The third-order valence-corrected chi connectivity index (χ3v) is 18.5. The standard InChI is InChI=1S/C20H23FN4O6.C20H21FN4O6.2C18H19FN4O3.C4H8O.4CH4.3ClH.O2.H4P2.Ti/c2*1-2-29-20(26)24-12-13-6-7-14(21)16(10-13)30-8-4-3-5-9-31-17-11-15(24)18(25(27)28)19(22)23-17;2*19-12-5-4-11-8-14(12)25-6-2-1-3-7-26-15-9-13-16(17(20)21-15)22-18(24)23(13)10-11;1-2-4-5-3-1;;;;;;;;2*1-2;/h6-7,10-11H,2-5,8-9,12H2,1H3,(H2,22,23);3-4,6-7,10-11H,2,5,8-9,12H2,1H3,(H2,22,23);2*4-5,8-9H,1-3,6-7,10H2,(H2,20,21)(H,22,24);1-4H2;4*1H4;3*1H;;1-2H2;/q;;;;;;;;;;;;;;+3/p-3/b;4-3+;;;;;;;;;;;;;. The molecule has 37 nitrogen and oxygen atoms in total. The van der Waals surface area contributed by atoms with Crippen molar-refractivity contribution in [1.82, 2.24) is 39.0 Å². The molecule has 0 saturated carbocycles. The fraction of sp³-hybridized carbons (Fsp3) is 0.405. The summed E-state index contributed by atoms with van der Waals surface area (Å²) < 4.78 is 119. The van der Waals surface area contributed by atoms with E-state index in [-0.39, 0.29) is 164 Å². The van der Waals surface area contributed by atoms with Crippen LogP contribution < -0.4 is 82.0 Å². The summed E-state index contributed by atoms with van der Waals surface area (Å²) in [5, 5.41) is 23.4. The minimum atomic E-state index is -1.92. The van der Waals surface area contributed by atoms with Crippen LogP contribution in [0.5, 0.6) is 46.5 Å². The molecule has 15 rings (SSSR count). The van der Waals surface area contributed by atoms with Crippen molar-refractivity contribution in [2.75, 3.05) is 112 Å². The topological polar surface area (TPSA) is 494 Å². The average molecular weight is 1970 g/mol. The molecule has 0 spiro atoms. The molecule has 47 heteroatoms. The summed E-state index contributed by atoms with van der Waals surface area (Å²) in [6.45, 7) is 8.20. The first-order chi connectivity index (χ1) is 61.3. The number of halogens is 7. The summed E-state index contributed by atoms with van der Waals surface area (Å²) in [5.74, 6) is -1.06. The molecule has 2 amide bonds. The van der Waals surface area contributed by atoms with E-state index < -0.39 is 77.2 Å². The molecule has 715 valence electrons. The van der Waals surface area contributed by atoms with Crippen molar-refractivity contribution in [3.8, 4) is 46.5 Å². The van der Waals surface area contributed by atoms with Crippen molar-refractivity contribution in [3.63, 3.8) is 0 Å². The first-order valence-corrected chi connectivity index (χ1v) is 48.7. The van der Waals surface area contributed by atoms with Gasteiger partial charge in [0.25, 0.3) is 0 Å². The predicted octanol–water partition coefficient (Wildman–Crippen LogP) is 18.4. The number of imidazole rings is 2. The van der Waals surface area contributed by atoms with Gasteiger partial charge in [0.2, 0.25) is 35.2 Å². The second kappa shape index (κ2) is 57.6. The molecular formula is C84H110Cl3F4N16O21P2Ti. The Morgan fingerprint density at radius 2 is 0.748 bits per heavy atom. The second-order valence-electron chi connectivity index (χ2n) is 27.3. The molecule has 2 unspecified atom stereocenters.